The molecule has 2 unspecified atom stereocenters. The monoisotopic (exact) mass is 220 g/mol. The predicted molar refractivity (Wildman–Crippen MR) is 66.6 cm³/mol. The molecule has 2 atom stereocenters. The summed E-state index contributed by atoms with van der Waals surface area (Å²) in [6.45, 7) is 5.55. The summed E-state index contributed by atoms with van der Waals surface area (Å²) in [6.07, 6.45) is 0.779. The molecule has 0 spiro atoms. The Kier molecular flexibility index (Phi) is 3.17. The van der Waals surface area contributed by atoms with Crippen LogP contribution in [0.4, 0.5) is 5.69 Å². The van der Waals surface area contributed by atoms with Crippen molar-refractivity contribution in [2.24, 2.45) is 5.73 Å². The SMILES string of the molecule is CC(O)CN1CCc2cc(C(C)N)ccc21. The van der Waals surface area contributed by atoms with Gasteiger partial charge in [0.05, 0.1) is 6.10 Å². The van der Waals surface area contributed by atoms with Gasteiger partial charge in [-0.1, -0.05) is 12.1 Å². The van der Waals surface area contributed by atoms with Crippen molar-refractivity contribution >= 4 is 5.69 Å². The van der Waals surface area contributed by atoms with Crippen molar-refractivity contribution in [3.8, 4) is 0 Å². The van der Waals surface area contributed by atoms with Crippen molar-refractivity contribution < 1.29 is 5.11 Å². The molecule has 16 heavy (non-hydrogen) atoms. The van der Waals surface area contributed by atoms with Crippen LogP contribution >= 0.6 is 0 Å². The first kappa shape index (κ1) is 11.4. The molecule has 0 fully saturated rings. The molecule has 0 aliphatic carbocycles. The molecule has 1 heterocycles. The molecule has 2 rings (SSSR count). The van der Waals surface area contributed by atoms with E-state index in [1.165, 1.54) is 16.8 Å². The molecule has 1 aromatic rings. The summed E-state index contributed by atoms with van der Waals surface area (Å²) in [5.41, 5.74) is 9.67. The Hall–Kier alpha value is -1.06. The lowest BCUT2D eigenvalue weighted by Gasteiger charge is -2.21. The molecule has 1 aliphatic rings. The fourth-order valence-electron chi connectivity index (χ4n) is 2.28. The van der Waals surface area contributed by atoms with Gasteiger partial charge < -0.3 is 15.7 Å². The Bertz CT molecular complexity index is 374. The zero-order chi connectivity index (χ0) is 11.7. The van der Waals surface area contributed by atoms with Crippen LogP contribution in [-0.2, 0) is 6.42 Å². The van der Waals surface area contributed by atoms with Gasteiger partial charge in [0.25, 0.3) is 0 Å². The summed E-state index contributed by atoms with van der Waals surface area (Å²) in [5.74, 6) is 0. The third-order valence-corrected chi connectivity index (χ3v) is 3.11. The molecule has 0 radical (unpaired) electrons. The molecular weight excluding hydrogens is 200 g/mol. The van der Waals surface area contributed by atoms with Gasteiger partial charge in [0, 0.05) is 24.8 Å². The summed E-state index contributed by atoms with van der Waals surface area (Å²) >= 11 is 0. The lowest BCUT2D eigenvalue weighted by molar-refractivity contribution is 0.200. The lowest BCUT2D eigenvalue weighted by atomic mass is 10.0. The third-order valence-electron chi connectivity index (χ3n) is 3.11. The predicted octanol–water partition coefficient (Wildman–Crippen LogP) is 1.45. The number of aliphatic hydroxyl groups excluding tert-OH is 1. The summed E-state index contributed by atoms with van der Waals surface area (Å²) in [7, 11) is 0. The molecule has 0 amide bonds. The van der Waals surface area contributed by atoms with Crippen molar-refractivity contribution in [2.45, 2.75) is 32.4 Å². The minimum atomic E-state index is -0.279. The highest BCUT2D eigenvalue weighted by atomic mass is 16.3. The molecular formula is C13H20N2O. The molecule has 3 heteroatoms. The Morgan fingerprint density at radius 1 is 1.44 bits per heavy atom. The molecule has 3 N–H and O–H groups in total. The van der Waals surface area contributed by atoms with Gasteiger partial charge in [0.2, 0.25) is 0 Å². The van der Waals surface area contributed by atoms with E-state index in [1.54, 1.807) is 0 Å². The summed E-state index contributed by atoms with van der Waals surface area (Å²) < 4.78 is 0. The maximum Gasteiger partial charge on any atom is 0.0687 e. The van der Waals surface area contributed by atoms with Crippen LogP contribution < -0.4 is 10.6 Å². The van der Waals surface area contributed by atoms with Crippen molar-refractivity contribution in [2.75, 3.05) is 18.0 Å². The maximum absolute atomic E-state index is 9.42. The van der Waals surface area contributed by atoms with E-state index >= 15 is 0 Å². The standard InChI is InChI=1S/C13H20N2O/c1-9(16)8-15-6-5-12-7-11(10(2)14)3-4-13(12)15/h3-4,7,9-10,16H,5-6,8,14H2,1-2H3. The van der Waals surface area contributed by atoms with Crippen LogP contribution in [0.2, 0.25) is 0 Å². The van der Waals surface area contributed by atoms with Crippen molar-refractivity contribution in [1.29, 1.82) is 0 Å². The van der Waals surface area contributed by atoms with Gasteiger partial charge in [-0.3, -0.25) is 0 Å². The number of hydrogen-bond donors (Lipinski definition) is 2. The van der Waals surface area contributed by atoms with E-state index in [2.05, 4.69) is 23.1 Å². The number of fused-ring (bicyclic) bond motifs is 1. The van der Waals surface area contributed by atoms with Gasteiger partial charge in [-0.15, -0.1) is 0 Å². The van der Waals surface area contributed by atoms with Crippen molar-refractivity contribution in [1.82, 2.24) is 0 Å². The highest BCUT2D eigenvalue weighted by Gasteiger charge is 2.20. The number of benzene rings is 1. The van der Waals surface area contributed by atoms with E-state index in [0.717, 1.165) is 13.0 Å². The largest absolute Gasteiger partial charge is 0.392 e. The first-order chi connectivity index (χ1) is 7.58. The minimum absolute atomic E-state index is 0.0936. The molecule has 0 bridgehead atoms. The summed E-state index contributed by atoms with van der Waals surface area (Å²) in [4.78, 5) is 2.24. The average molecular weight is 220 g/mol. The van der Waals surface area contributed by atoms with Crippen LogP contribution in [0.1, 0.15) is 31.0 Å². The third kappa shape index (κ3) is 2.20. The summed E-state index contributed by atoms with van der Waals surface area (Å²) in [5, 5.41) is 9.42. The van der Waals surface area contributed by atoms with Gasteiger partial charge >= 0.3 is 0 Å². The Morgan fingerprint density at radius 2 is 2.19 bits per heavy atom. The molecule has 0 aromatic heterocycles. The van der Waals surface area contributed by atoms with E-state index in [4.69, 9.17) is 5.73 Å². The van der Waals surface area contributed by atoms with Gasteiger partial charge in [-0.2, -0.15) is 0 Å². The topological polar surface area (TPSA) is 49.5 Å². The highest BCUT2D eigenvalue weighted by molar-refractivity contribution is 5.59. The first-order valence-electron chi connectivity index (χ1n) is 5.89. The van der Waals surface area contributed by atoms with E-state index in [0.29, 0.717) is 6.54 Å². The summed E-state index contributed by atoms with van der Waals surface area (Å²) in [6, 6.07) is 6.51. The van der Waals surface area contributed by atoms with Crippen molar-refractivity contribution in [3.05, 3.63) is 29.3 Å². The fraction of sp³-hybridized carbons (Fsp3) is 0.538. The Morgan fingerprint density at radius 3 is 2.81 bits per heavy atom. The maximum atomic E-state index is 9.42. The van der Waals surface area contributed by atoms with E-state index in [9.17, 15) is 5.11 Å². The molecule has 0 saturated carbocycles. The number of hydrogen-bond acceptors (Lipinski definition) is 3. The van der Waals surface area contributed by atoms with E-state index in [1.807, 2.05) is 13.8 Å². The zero-order valence-electron chi connectivity index (χ0n) is 9.98. The number of anilines is 1. The number of nitrogens with zero attached hydrogens (tertiary/aromatic N) is 1. The van der Waals surface area contributed by atoms with Crippen LogP contribution in [0.5, 0.6) is 0 Å². The van der Waals surface area contributed by atoms with Gasteiger partial charge in [0.15, 0.2) is 0 Å². The second-order valence-electron chi connectivity index (χ2n) is 4.72. The first-order valence-corrected chi connectivity index (χ1v) is 5.89. The van der Waals surface area contributed by atoms with Crippen LogP contribution in [0.3, 0.4) is 0 Å². The highest BCUT2D eigenvalue weighted by Crippen LogP contribution is 2.30. The molecule has 0 saturated heterocycles. The zero-order valence-corrected chi connectivity index (χ0v) is 9.98. The number of rotatable bonds is 3. The lowest BCUT2D eigenvalue weighted by Crippen LogP contribution is -2.29. The smallest absolute Gasteiger partial charge is 0.0687 e. The van der Waals surface area contributed by atoms with Gasteiger partial charge in [-0.05, 0) is 37.5 Å². The molecule has 88 valence electrons. The van der Waals surface area contributed by atoms with Gasteiger partial charge in [0.1, 0.15) is 0 Å². The molecule has 3 nitrogen and oxygen atoms in total. The van der Waals surface area contributed by atoms with Crippen LogP contribution in [-0.4, -0.2) is 24.3 Å². The quantitative estimate of drug-likeness (QED) is 0.810. The van der Waals surface area contributed by atoms with Crippen molar-refractivity contribution in [3.63, 3.8) is 0 Å². The van der Waals surface area contributed by atoms with E-state index in [-0.39, 0.29) is 12.1 Å². The van der Waals surface area contributed by atoms with E-state index < -0.39 is 0 Å². The number of β-amino-alcohol motifs (C(OH)–C–C–N with tert-alkyl or cyclic N) is 1. The Balaban J connectivity index is 2.22. The second-order valence-corrected chi connectivity index (χ2v) is 4.72. The van der Waals surface area contributed by atoms with Gasteiger partial charge in [-0.25, -0.2) is 0 Å². The fourth-order valence-corrected chi connectivity index (χ4v) is 2.28. The number of aliphatic hydroxyl groups is 1. The average Bonchev–Trinajstić information content (AvgIpc) is 2.60. The van der Waals surface area contributed by atoms with Crippen LogP contribution in [0, 0.1) is 0 Å². The molecule has 1 aromatic carbocycles. The Labute approximate surface area is 96.9 Å². The molecule has 1 aliphatic heterocycles. The minimum Gasteiger partial charge on any atom is -0.392 e. The second kappa shape index (κ2) is 4.44. The number of nitrogens with two attached hydrogens (primary N) is 1. The normalized spacial score (nSPS) is 18.4. The van der Waals surface area contributed by atoms with Crippen LogP contribution in [0.15, 0.2) is 18.2 Å². The van der Waals surface area contributed by atoms with Crippen LogP contribution in [0.25, 0.3) is 0 Å².